The second-order valence-electron chi connectivity index (χ2n) is 6.06. The second-order valence-corrected chi connectivity index (χ2v) is 6.06. The minimum Gasteiger partial charge on any atom is -0.489 e. The van der Waals surface area contributed by atoms with E-state index in [1.165, 1.54) is 12.0 Å². The molecular weight excluding hydrogens is 369 g/mol. The van der Waals surface area contributed by atoms with Crippen molar-refractivity contribution >= 4 is 17.6 Å². The number of nitrogens with one attached hydrogen (secondary N) is 1. The minimum absolute atomic E-state index is 0.0737. The molecule has 10 heteroatoms. The first-order valence-electron chi connectivity index (χ1n) is 8.32. The molecule has 1 aliphatic heterocycles. The maximum Gasteiger partial charge on any atom is 0.416 e. The number of nitrogens with zero attached hydrogens (tertiary/aromatic N) is 1. The first-order chi connectivity index (χ1) is 12.7. The van der Waals surface area contributed by atoms with Gasteiger partial charge in [-0.05, 0) is 37.6 Å². The van der Waals surface area contributed by atoms with Gasteiger partial charge in [-0.2, -0.15) is 13.2 Å². The molecule has 0 aromatic heterocycles. The van der Waals surface area contributed by atoms with Crippen LogP contribution < -0.4 is 10.1 Å². The van der Waals surface area contributed by atoms with Crippen molar-refractivity contribution in [1.29, 1.82) is 0 Å². The molecule has 1 saturated heterocycles. The number of benzene rings is 1. The molecule has 0 unspecified atom stereocenters. The number of carbonyl (C=O) groups excluding carboxylic acids is 1. The average molecular weight is 390 g/mol. The topological polar surface area (TPSA) is 88.1 Å². The number of carboxylic acid groups (broad SMARTS) is 1. The molecule has 1 fully saturated rings. The summed E-state index contributed by atoms with van der Waals surface area (Å²) in [7, 11) is 1.45. The van der Waals surface area contributed by atoms with Gasteiger partial charge < -0.3 is 19.9 Å². The van der Waals surface area contributed by atoms with Crippen molar-refractivity contribution in [2.45, 2.75) is 25.1 Å². The summed E-state index contributed by atoms with van der Waals surface area (Å²) < 4.78 is 49.1. The Morgan fingerprint density at radius 3 is 2.70 bits per heavy atom. The molecule has 150 valence electrons. The number of hydrogen-bond donors (Lipinski definition) is 2. The maximum absolute atomic E-state index is 13.0. The first kappa shape index (κ1) is 21.0. The lowest BCUT2D eigenvalue weighted by molar-refractivity contribution is -0.142. The van der Waals surface area contributed by atoms with E-state index in [0.29, 0.717) is 19.4 Å². The molecular formula is C17H21F3N2O5. The van der Waals surface area contributed by atoms with Crippen molar-refractivity contribution < 1.29 is 37.3 Å². The van der Waals surface area contributed by atoms with E-state index < -0.39 is 29.7 Å². The van der Waals surface area contributed by atoms with Crippen LogP contribution in [-0.2, 0) is 20.5 Å². The zero-order valence-corrected chi connectivity index (χ0v) is 14.7. The van der Waals surface area contributed by atoms with E-state index >= 15 is 0 Å². The fraction of sp³-hybridized carbons (Fsp3) is 0.529. The third-order valence-corrected chi connectivity index (χ3v) is 4.12. The summed E-state index contributed by atoms with van der Waals surface area (Å²) in [5.74, 6) is -1.56. The van der Waals surface area contributed by atoms with Gasteiger partial charge in [0.1, 0.15) is 18.4 Å². The Labute approximate surface area is 154 Å². The lowest BCUT2D eigenvalue weighted by Gasteiger charge is -2.21. The van der Waals surface area contributed by atoms with Crippen molar-refractivity contribution in [3.05, 3.63) is 23.8 Å². The highest BCUT2D eigenvalue weighted by atomic mass is 19.4. The van der Waals surface area contributed by atoms with Crippen LogP contribution in [0.15, 0.2) is 18.2 Å². The number of halogens is 3. The first-order valence-corrected chi connectivity index (χ1v) is 8.32. The highest BCUT2D eigenvalue weighted by Gasteiger charge is 2.33. The SMILES string of the molecule is COCCOc1ccc(C(F)(F)F)cc1NC(=O)CN1CCC[C@H]1C(=O)O. The summed E-state index contributed by atoms with van der Waals surface area (Å²) >= 11 is 0. The molecule has 27 heavy (non-hydrogen) atoms. The number of amides is 1. The highest BCUT2D eigenvalue weighted by molar-refractivity contribution is 5.94. The Kier molecular flexibility index (Phi) is 7.03. The summed E-state index contributed by atoms with van der Waals surface area (Å²) in [5, 5.41) is 11.5. The molecule has 2 N–H and O–H groups in total. The standard InChI is InChI=1S/C17H21F3N2O5/c1-26-7-8-27-14-5-4-11(17(18,19)20)9-12(14)21-15(23)10-22-6-2-3-13(22)16(24)25/h4-5,9,13H,2-3,6-8,10H2,1H3,(H,21,23)(H,24,25)/t13-/m0/s1. The largest absolute Gasteiger partial charge is 0.489 e. The molecule has 1 aromatic rings. The number of ether oxygens (including phenoxy) is 2. The third-order valence-electron chi connectivity index (χ3n) is 4.12. The number of carbonyl (C=O) groups is 2. The van der Waals surface area contributed by atoms with Gasteiger partial charge in [-0.15, -0.1) is 0 Å². The van der Waals surface area contributed by atoms with Gasteiger partial charge in [0.25, 0.3) is 0 Å². The van der Waals surface area contributed by atoms with Gasteiger partial charge in [-0.25, -0.2) is 0 Å². The Bertz CT molecular complexity index is 681. The van der Waals surface area contributed by atoms with E-state index in [2.05, 4.69) is 5.32 Å². The number of anilines is 1. The number of hydrogen-bond acceptors (Lipinski definition) is 5. The Hall–Kier alpha value is -2.33. The fourth-order valence-corrected chi connectivity index (χ4v) is 2.83. The summed E-state index contributed by atoms with van der Waals surface area (Å²) in [6.07, 6.45) is -3.51. The molecule has 1 atom stereocenters. The van der Waals surface area contributed by atoms with Gasteiger partial charge in [0.15, 0.2) is 0 Å². The molecule has 1 amide bonds. The van der Waals surface area contributed by atoms with Crippen molar-refractivity contribution in [3.8, 4) is 5.75 Å². The Morgan fingerprint density at radius 2 is 2.07 bits per heavy atom. The number of alkyl halides is 3. The average Bonchev–Trinajstić information content (AvgIpc) is 3.03. The maximum atomic E-state index is 13.0. The van der Waals surface area contributed by atoms with Gasteiger partial charge in [-0.1, -0.05) is 0 Å². The summed E-state index contributed by atoms with van der Waals surface area (Å²) in [5.41, 5.74) is -1.06. The molecule has 0 spiro atoms. The predicted octanol–water partition coefficient (Wildman–Crippen LogP) is 2.22. The molecule has 1 aromatic carbocycles. The summed E-state index contributed by atoms with van der Waals surface area (Å²) in [6.45, 7) is 0.523. The van der Waals surface area contributed by atoms with Crippen LogP contribution in [0.5, 0.6) is 5.75 Å². The Morgan fingerprint density at radius 1 is 1.33 bits per heavy atom. The highest BCUT2D eigenvalue weighted by Crippen LogP contribution is 2.35. The second kappa shape index (κ2) is 9.05. The third kappa shape index (κ3) is 5.83. The van der Waals surface area contributed by atoms with E-state index in [4.69, 9.17) is 14.6 Å². The lowest BCUT2D eigenvalue weighted by Crippen LogP contribution is -2.41. The van der Waals surface area contributed by atoms with E-state index in [1.54, 1.807) is 0 Å². The fourth-order valence-electron chi connectivity index (χ4n) is 2.83. The molecule has 0 radical (unpaired) electrons. The van der Waals surface area contributed by atoms with E-state index in [1.807, 2.05) is 0 Å². The van der Waals surface area contributed by atoms with Gasteiger partial charge >= 0.3 is 12.1 Å². The number of aliphatic carboxylic acids is 1. The molecule has 0 saturated carbocycles. The molecule has 1 heterocycles. The molecule has 1 aliphatic rings. The van der Waals surface area contributed by atoms with Gasteiger partial charge in [0, 0.05) is 7.11 Å². The van der Waals surface area contributed by atoms with E-state index in [-0.39, 0.29) is 31.2 Å². The summed E-state index contributed by atoms with van der Waals surface area (Å²) in [6, 6.07) is 2.01. The van der Waals surface area contributed by atoms with Crippen LogP contribution >= 0.6 is 0 Å². The van der Waals surface area contributed by atoms with Crippen molar-refractivity contribution in [1.82, 2.24) is 4.90 Å². The molecule has 7 nitrogen and oxygen atoms in total. The van der Waals surface area contributed by atoms with Crippen molar-refractivity contribution in [2.24, 2.45) is 0 Å². The monoisotopic (exact) mass is 390 g/mol. The van der Waals surface area contributed by atoms with Crippen LogP contribution in [0.4, 0.5) is 18.9 Å². The number of carboxylic acids is 1. The number of rotatable bonds is 8. The quantitative estimate of drug-likeness (QED) is 0.662. The zero-order chi connectivity index (χ0) is 20.0. The van der Waals surface area contributed by atoms with Crippen LogP contribution in [0.25, 0.3) is 0 Å². The van der Waals surface area contributed by atoms with Crippen molar-refractivity contribution in [2.75, 3.05) is 38.7 Å². The molecule has 0 aliphatic carbocycles. The summed E-state index contributed by atoms with van der Waals surface area (Å²) in [4.78, 5) is 24.9. The molecule has 0 bridgehead atoms. The smallest absolute Gasteiger partial charge is 0.416 e. The van der Waals surface area contributed by atoms with Gasteiger partial charge in [-0.3, -0.25) is 14.5 Å². The normalized spacial score (nSPS) is 17.7. The number of likely N-dealkylation sites (tertiary alicyclic amines) is 1. The van der Waals surface area contributed by atoms with Crippen LogP contribution in [0.2, 0.25) is 0 Å². The predicted molar refractivity (Wildman–Crippen MR) is 89.7 cm³/mol. The van der Waals surface area contributed by atoms with Crippen LogP contribution in [0, 0.1) is 0 Å². The van der Waals surface area contributed by atoms with E-state index in [9.17, 15) is 22.8 Å². The minimum atomic E-state index is -4.58. The van der Waals surface area contributed by atoms with Gasteiger partial charge in [0.05, 0.1) is 24.4 Å². The van der Waals surface area contributed by atoms with Gasteiger partial charge in [0.2, 0.25) is 5.91 Å². The zero-order valence-electron chi connectivity index (χ0n) is 14.7. The molecule has 2 rings (SSSR count). The lowest BCUT2D eigenvalue weighted by atomic mass is 10.1. The van der Waals surface area contributed by atoms with Crippen LogP contribution in [0.1, 0.15) is 18.4 Å². The van der Waals surface area contributed by atoms with Crippen molar-refractivity contribution in [3.63, 3.8) is 0 Å². The van der Waals surface area contributed by atoms with E-state index in [0.717, 1.165) is 18.2 Å². The van der Waals surface area contributed by atoms with Crippen LogP contribution in [0.3, 0.4) is 0 Å². The number of methoxy groups -OCH3 is 1. The Balaban J connectivity index is 2.13. The van der Waals surface area contributed by atoms with Crippen LogP contribution in [-0.4, -0.2) is 61.3 Å².